The molecular formula is C23H25Cl2F2N3O. The lowest BCUT2D eigenvalue weighted by molar-refractivity contribution is -0.0220. The van der Waals surface area contributed by atoms with Crippen molar-refractivity contribution in [2.24, 2.45) is 0 Å². The van der Waals surface area contributed by atoms with Gasteiger partial charge in [-0.3, -0.25) is 0 Å². The van der Waals surface area contributed by atoms with Gasteiger partial charge < -0.3 is 15.0 Å². The topological polar surface area (TPSA) is 52.2 Å². The van der Waals surface area contributed by atoms with Crippen LogP contribution < -0.4 is 4.90 Å². The molecule has 1 aliphatic heterocycles. The van der Waals surface area contributed by atoms with E-state index in [0.717, 1.165) is 12.0 Å². The Balaban J connectivity index is 1.71. The van der Waals surface area contributed by atoms with Crippen LogP contribution in [-0.4, -0.2) is 40.7 Å². The van der Waals surface area contributed by atoms with Crippen molar-refractivity contribution in [1.82, 2.24) is 9.97 Å². The van der Waals surface area contributed by atoms with Crippen molar-refractivity contribution in [2.45, 2.75) is 44.4 Å². The summed E-state index contributed by atoms with van der Waals surface area (Å²) in [6, 6.07) is 10.0. The standard InChI is InChI=1S/C23H25Cl2F2N3O/c1-2-14-3-5-15(6-4-14)16(7-12-31)22-28-18-13-17(24)21(19(25)20(18)29-22)30-10-8-23(26,27)9-11-30/h3-6,13,16,31H,2,7-12H2,1H3,(H,28,29). The second kappa shape index (κ2) is 8.93. The minimum Gasteiger partial charge on any atom is -0.396 e. The molecule has 31 heavy (non-hydrogen) atoms. The third-order valence-corrected chi connectivity index (χ3v) is 6.66. The predicted molar refractivity (Wildman–Crippen MR) is 122 cm³/mol. The third-order valence-electron chi connectivity index (χ3n) is 6.01. The van der Waals surface area contributed by atoms with Crippen LogP contribution in [0.25, 0.3) is 11.0 Å². The van der Waals surface area contributed by atoms with E-state index in [-0.39, 0.29) is 38.5 Å². The van der Waals surface area contributed by atoms with E-state index in [1.807, 2.05) is 4.90 Å². The molecule has 1 aromatic heterocycles. The Morgan fingerprint density at radius 2 is 1.87 bits per heavy atom. The molecule has 2 heterocycles. The van der Waals surface area contributed by atoms with Crippen molar-refractivity contribution >= 4 is 39.9 Å². The van der Waals surface area contributed by atoms with Crippen LogP contribution >= 0.6 is 23.2 Å². The van der Waals surface area contributed by atoms with Crippen LogP contribution in [0.2, 0.25) is 10.0 Å². The highest BCUT2D eigenvalue weighted by Gasteiger charge is 2.35. The zero-order valence-electron chi connectivity index (χ0n) is 17.3. The number of aryl methyl sites for hydroxylation is 1. The molecule has 166 valence electrons. The summed E-state index contributed by atoms with van der Waals surface area (Å²) in [6.45, 7) is 2.49. The van der Waals surface area contributed by atoms with Gasteiger partial charge in [0.1, 0.15) is 11.3 Å². The summed E-state index contributed by atoms with van der Waals surface area (Å²) < 4.78 is 27.2. The number of anilines is 1. The van der Waals surface area contributed by atoms with Gasteiger partial charge in [0, 0.05) is 38.5 Å². The average molecular weight is 468 g/mol. The van der Waals surface area contributed by atoms with Gasteiger partial charge in [0.2, 0.25) is 0 Å². The molecule has 0 radical (unpaired) electrons. The monoisotopic (exact) mass is 467 g/mol. The molecule has 0 spiro atoms. The Labute approximate surface area is 190 Å². The summed E-state index contributed by atoms with van der Waals surface area (Å²) >= 11 is 13.2. The summed E-state index contributed by atoms with van der Waals surface area (Å²) in [4.78, 5) is 9.86. The zero-order valence-corrected chi connectivity index (χ0v) is 18.8. The quantitative estimate of drug-likeness (QED) is 0.454. The summed E-state index contributed by atoms with van der Waals surface area (Å²) in [5.41, 5.74) is 4.08. The van der Waals surface area contributed by atoms with Crippen LogP contribution in [0.3, 0.4) is 0 Å². The molecule has 4 rings (SSSR count). The molecule has 0 amide bonds. The van der Waals surface area contributed by atoms with Gasteiger partial charge >= 0.3 is 0 Å². The van der Waals surface area contributed by atoms with Crippen LogP contribution in [0.15, 0.2) is 30.3 Å². The van der Waals surface area contributed by atoms with Gasteiger partial charge in [-0.1, -0.05) is 54.4 Å². The highest BCUT2D eigenvalue weighted by Crippen LogP contribution is 2.42. The number of H-pyrrole nitrogens is 1. The second-order valence-corrected chi connectivity index (χ2v) is 8.83. The maximum atomic E-state index is 13.6. The van der Waals surface area contributed by atoms with Crippen molar-refractivity contribution in [2.75, 3.05) is 24.6 Å². The molecule has 2 N–H and O–H groups in total. The van der Waals surface area contributed by atoms with Gasteiger partial charge in [-0.15, -0.1) is 0 Å². The molecule has 8 heteroatoms. The lowest BCUT2D eigenvalue weighted by Crippen LogP contribution is -2.39. The number of hydrogen-bond acceptors (Lipinski definition) is 3. The Morgan fingerprint density at radius 1 is 1.19 bits per heavy atom. The average Bonchev–Trinajstić information content (AvgIpc) is 3.17. The van der Waals surface area contributed by atoms with Gasteiger partial charge in [0.25, 0.3) is 5.92 Å². The number of benzene rings is 2. The van der Waals surface area contributed by atoms with E-state index in [2.05, 4.69) is 36.2 Å². The van der Waals surface area contributed by atoms with E-state index in [1.165, 1.54) is 5.56 Å². The lowest BCUT2D eigenvalue weighted by atomic mass is 9.94. The van der Waals surface area contributed by atoms with Gasteiger partial charge in [0.15, 0.2) is 0 Å². The molecule has 1 aliphatic rings. The molecule has 1 saturated heterocycles. The van der Waals surface area contributed by atoms with E-state index < -0.39 is 5.92 Å². The first-order valence-corrected chi connectivity index (χ1v) is 11.3. The van der Waals surface area contributed by atoms with E-state index >= 15 is 0 Å². The summed E-state index contributed by atoms with van der Waals surface area (Å²) in [7, 11) is 0. The number of imidazole rings is 1. The van der Waals surface area contributed by atoms with Crippen molar-refractivity contribution in [3.63, 3.8) is 0 Å². The molecule has 4 nitrogen and oxygen atoms in total. The van der Waals surface area contributed by atoms with E-state index in [9.17, 15) is 13.9 Å². The number of aromatic nitrogens is 2. The number of piperidine rings is 1. The van der Waals surface area contributed by atoms with Crippen molar-refractivity contribution in [3.8, 4) is 0 Å². The zero-order chi connectivity index (χ0) is 22.2. The van der Waals surface area contributed by atoms with Gasteiger partial charge in [-0.25, -0.2) is 13.8 Å². The number of alkyl halides is 2. The van der Waals surface area contributed by atoms with Crippen molar-refractivity contribution in [1.29, 1.82) is 0 Å². The number of nitrogens with zero attached hydrogens (tertiary/aromatic N) is 2. The molecule has 2 aromatic carbocycles. The third kappa shape index (κ3) is 4.52. The fourth-order valence-corrected chi connectivity index (χ4v) is 4.91. The molecule has 1 unspecified atom stereocenters. The maximum absolute atomic E-state index is 13.6. The molecular weight excluding hydrogens is 443 g/mol. The Morgan fingerprint density at radius 3 is 2.48 bits per heavy atom. The van der Waals surface area contributed by atoms with Crippen LogP contribution in [0.1, 0.15) is 49.1 Å². The van der Waals surface area contributed by atoms with Gasteiger partial charge in [-0.2, -0.15) is 0 Å². The number of aromatic amines is 1. The fraction of sp³-hybridized carbons (Fsp3) is 0.435. The first-order valence-electron chi connectivity index (χ1n) is 10.5. The van der Waals surface area contributed by atoms with E-state index in [4.69, 9.17) is 28.2 Å². The number of rotatable bonds is 6. The molecule has 0 saturated carbocycles. The minimum absolute atomic E-state index is 0.0129. The van der Waals surface area contributed by atoms with E-state index in [1.54, 1.807) is 6.07 Å². The summed E-state index contributed by atoms with van der Waals surface area (Å²) in [6.07, 6.45) is 1.01. The van der Waals surface area contributed by atoms with Crippen LogP contribution in [-0.2, 0) is 6.42 Å². The predicted octanol–water partition coefficient (Wildman–Crippen LogP) is 6.18. The van der Waals surface area contributed by atoms with Gasteiger partial charge in [0.05, 0.1) is 21.2 Å². The highest BCUT2D eigenvalue weighted by atomic mass is 35.5. The molecule has 0 aliphatic carbocycles. The van der Waals surface area contributed by atoms with Crippen LogP contribution in [0, 0.1) is 0 Å². The van der Waals surface area contributed by atoms with Gasteiger partial charge in [-0.05, 0) is 30.0 Å². The first-order chi connectivity index (χ1) is 14.8. The molecule has 3 aromatic rings. The summed E-state index contributed by atoms with van der Waals surface area (Å²) in [5, 5.41) is 10.4. The maximum Gasteiger partial charge on any atom is 0.251 e. The second-order valence-electron chi connectivity index (χ2n) is 8.04. The number of hydrogen-bond donors (Lipinski definition) is 2. The number of aliphatic hydroxyl groups excluding tert-OH is 1. The smallest absolute Gasteiger partial charge is 0.251 e. The SMILES string of the molecule is CCc1ccc(C(CCO)c2nc3c(Cl)c(N4CCC(F)(F)CC4)c(Cl)cc3[nH]2)cc1. The highest BCUT2D eigenvalue weighted by molar-refractivity contribution is 6.42. The summed E-state index contributed by atoms with van der Waals surface area (Å²) in [5.74, 6) is -2.09. The Hall–Kier alpha value is -1.89. The molecule has 1 atom stereocenters. The molecule has 1 fully saturated rings. The fourth-order valence-electron chi connectivity index (χ4n) is 4.18. The Bertz CT molecular complexity index is 1060. The number of halogens is 4. The number of fused-ring (bicyclic) bond motifs is 1. The number of aliphatic hydroxyl groups is 1. The lowest BCUT2D eigenvalue weighted by Gasteiger charge is -2.34. The van der Waals surface area contributed by atoms with Crippen molar-refractivity contribution < 1.29 is 13.9 Å². The van der Waals surface area contributed by atoms with Crippen LogP contribution in [0.4, 0.5) is 14.5 Å². The van der Waals surface area contributed by atoms with Crippen molar-refractivity contribution in [3.05, 3.63) is 57.3 Å². The number of nitrogens with one attached hydrogen (secondary N) is 1. The Kier molecular flexibility index (Phi) is 6.42. The largest absolute Gasteiger partial charge is 0.396 e. The minimum atomic E-state index is -2.65. The van der Waals surface area contributed by atoms with E-state index in [0.29, 0.717) is 39.0 Å². The first kappa shape index (κ1) is 22.3. The molecule has 0 bridgehead atoms. The van der Waals surface area contributed by atoms with Crippen LogP contribution in [0.5, 0.6) is 0 Å². The normalized spacial score (nSPS) is 17.3.